The fourth-order valence-corrected chi connectivity index (χ4v) is 3.74. The van der Waals surface area contributed by atoms with Crippen LogP contribution in [0.15, 0.2) is 73.3 Å². The number of hydrogen-bond acceptors (Lipinski definition) is 2. The predicted octanol–water partition coefficient (Wildman–Crippen LogP) is 3.82. The average molecular weight is 307 g/mol. The van der Waals surface area contributed by atoms with Gasteiger partial charge in [-0.3, -0.25) is 4.90 Å². The summed E-state index contributed by atoms with van der Waals surface area (Å²) in [5.74, 6) is 0.230. The largest absolute Gasteiger partial charge is 0.380 e. The van der Waals surface area contributed by atoms with Gasteiger partial charge in [-0.25, -0.2) is 0 Å². The maximum Gasteiger partial charge on any atom is 0.117 e. The summed E-state index contributed by atoms with van der Waals surface area (Å²) in [6.45, 7) is 6.78. The van der Waals surface area contributed by atoms with Crippen molar-refractivity contribution < 1.29 is 5.11 Å². The molecule has 1 fully saturated rings. The zero-order valence-corrected chi connectivity index (χ0v) is 13.6. The first-order valence-electron chi connectivity index (χ1n) is 8.42. The molecule has 120 valence electrons. The van der Waals surface area contributed by atoms with Crippen molar-refractivity contribution in [1.29, 1.82) is 0 Å². The number of piperidine rings is 1. The molecule has 2 nitrogen and oxygen atoms in total. The maximum absolute atomic E-state index is 11.8. The quantitative estimate of drug-likeness (QED) is 0.849. The zero-order chi connectivity index (χ0) is 16.1. The Hall–Kier alpha value is -1.90. The van der Waals surface area contributed by atoms with Gasteiger partial charge in [0.1, 0.15) is 5.60 Å². The molecule has 23 heavy (non-hydrogen) atoms. The van der Waals surface area contributed by atoms with Crippen LogP contribution in [0.5, 0.6) is 0 Å². The van der Waals surface area contributed by atoms with E-state index in [0.717, 1.165) is 43.6 Å². The van der Waals surface area contributed by atoms with Crippen molar-refractivity contribution in [3.8, 4) is 0 Å². The molecule has 0 saturated carbocycles. The second-order valence-electron chi connectivity index (χ2n) is 6.36. The fraction of sp³-hybridized carbons (Fsp3) is 0.333. The van der Waals surface area contributed by atoms with Crippen molar-refractivity contribution in [2.45, 2.75) is 18.4 Å². The van der Waals surface area contributed by atoms with Crippen LogP contribution in [0.1, 0.15) is 24.0 Å². The normalized spacial score (nSPS) is 17.1. The topological polar surface area (TPSA) is 23.5 Å². The number of rotatable bonds is 5. The maximum atomic E-state index is 11.8. The lowest BCUT2D eigenvalue weighted by Gasteiger charge is -2.42. The number of nitrogens with zero attached hydrogens (tertiary/aromatic N) is 1. The third kappa shape index (κ3) is 3.24. The second kappa shape index (κ2) is 7.12. The van der Waals surface area contributed by atoms with Crippen molar-refractivity contribution in [2.24, 2.45) is 5.92 Å². The molecule has 1 heterocycles. The lowest BCUT2D eigenvalue weighted by atomic mass is 9.72. The highest BCUT2D eigenvalue weighted by atomic mass is 16.3. The summed E-state index contributed by atoms with van der Waals surface area (Å²) in [7, 11) is 0. The highest BCUT2D eigenvalue weighted by molar-refractivity contribution is 5.37. The van der Waals surface area contributed by atoms with E-state index in [4.69, 9.17) is 0 Å². The van der Waals surface area contributed by atoms with Crippen LogP contribution in [-0.2, 0) is 5.60 Å². The minimum absolute atomic E-state index is 0.230. The molecule has 2 aromatic carbocycles. The number of hydrogen-bond donors (Lipinski definition) is 1. The molecule has 0 spiro atoms. The molecule has 3 rings (SSSR count). The van der Waals surface area contributed by atoms with Crippen LogP contribution in [-0.4, -0.2) is 29.6 Å². The van der Waals surface area contributed by atoms with E-state index in [2.05, 4.69) is 11.5 Å². The van der Waals surface area contributed by atoms with Gasteiger partial charge in [-0.05, 0) is 43.0 Å². The van der Waals surface area contributed by atoms with Crippen molar-refractivity contribution in [2.75, 3.05) is 19.6 Å². The van der Waals surface area contributed by atoms with Crippen molar-refractivity contribution >= 4 is 0 Å². The highest BCUT2D eigenvalue weighted by Gasteiger charge is 2.41. The van der Waals surface area contributed by atoms with E-state index in [-0.39, 0.29) is 5.92 Å². The Labute approximate surface area is 139 Å². The van der Waals surface area contributed by atoms with Gasteiger partial charge in [-0.2, -0.15) is 0 Å². The minimum Gasteiger partial charge on any atom is -0.380 e. The fourth-order valence-electron chi connectivity index (χ4n) is 3.74. The Kier molecular flexibility index (Phi) is 4.94. The Morgan fingerprint density at radius 1 is 0.957 bits per heavy atom. The third-order valence-electron chi connectivity index (χ3n) is 4.99. The first-order chi connectivity index (χ1) is 11.2. The Morgan fingerprint density at radius 2 is 1.43 bits per heavy atom. The van der Waals surface area contributed by atoms with Gasteiger partial charge in [0.15, 0.2) is 0 Å². The molecule has 0 bridgehead atoms. The monoisotopic (exact) mass is 307 g/mol. The van der Waals surface area contributed by atoms with Crippen LogP contribution in [0, 0.1) is 5.92 Å². The molecule has 1 saturated heterocycles. The van der Waals surface area contributed by atoms with Crippen LogP contribution >= 0.6 is 0 Å². The van der Waals surface area contributed by atoms with Gasteiger partial charge in [0.25, 0.3) is 0 Å². The predicted molar refractivity (Wildman–Crippen MR) is 95.2 cm³/mol. The highest BCUT2D eigenvalue weighted by Crippen LogP contribution is 2.41. The average Bonchev–Trinajstić information content (AvgIpc) is 2.63. The minimum atomic E-state index is -0.914. The smallest absolute Gasteiger partial charge is 0.117 e. The molecule has 2 heteroatoms. The molecular formula is C21H25NO. The molecule has 0 aromatic heterocycles. The molecule has 0 atom stereocenters. The van der Waals surface area contributed by atoms with Crippen molar-refractivity contribution in [3.05, 3.63) is 84.4 Å². The van der Waals surface area contributed by atoms with Gasteiger partial charge >= 0.3 is 0 Å². The molecule has 0 aliphatic carbocycles. The van der Waals surface area contributed by atoms with Gasteiger partial charge < -0.3 is 5.11 Å². The van der Waals surface area contributed by atoms with E-state index >= 15 is 0 Å². The van der Waals surface area contributed by atoms with E-state index in [1.54, 1.807) is 0 Å². The SMILES string of the molecule is C=CCN1CCC(C(O)(c2ccccc2)c2ccccc2)CC1. The van der Waals surface area contributed by atoms with E-state index < -0.39 is 5.60 Å². The Balaban J connectivity index is 1.93. The van der Waals surface area contributed by atoms with Gasteiger partial charge in [0.2, 0.25) is 0 Å². The number of likely N-dealkylation sites (tertiary alicyclic amines) is 1. The molecule has 2 aromatic rings. The van der Waals surface area contributed by atoms with E-state index in [1.807, 2.05) is 66.7 Å². The Morgan fingerprint density at radius 3 is 1.87 bits per heavy atom. The van der Waals surface area contributed by atoms with Crippen LogP contribution < -0.4 is 0 Å². The summed E-state index contributed by atoms with van der Waals surface area (Å²) in [6, 6.07) is 20.2. The summed E-state index contributed by atoms with van der Waals surface area (Å²) < 4.78 is 0. The summed E-state index contributed by atoms with van der Waals surface area (Å²) in [5.41, 5.74) is 1.07. The second-order valence-corrected chi connectivity index (χ2v) is 6.36. The van der Waals surface area contributed by atoms with Crippen LogP contribution in [0.4, 0.5) is 0 Å². The molecule has 0 unspecified atom stereocenters. The van der Waals surface area contributed by atoms with E-state index in [1.165, 1.54) is 0 Å². The number of aliphatic hydroxyl groups is 1. The molecule has 1 N–H and O–H groups in total. The lowest BCUT2D eigenvalue weighted by Crippen LogP contribution is -2.44. The van der Waals surface area contributed by atoms with Gasteiger partial charge in [0, 0.05) is 6.54 Å². The van der Waals surface area contributed by atoms with Crippen molar-refractivity contribution in [3.63, 3.8) is 0 Å². The van der Waals surface area contributed by atoms with Gasteiger partial charge in [-0.15, -0.1) is 6.58 Å². The number of benzene rings is 2. The summed E-state index contributed by atoms with van der Waals surface area (Å²) in [5, 5.41) is 11.8. The van der Waals surface area contributed by atoms with Crippen LogP contribution in [0.2, 0.25) is 0 Å². The van der Waals surface area contributed by atoms with Gasteiger partial charge in [-0.1, -0.05) is 66.7 Å². The van der Waals surface area contributed by atoms with Crippen LogP contribution in [0.3, 0.4) is 0 Å². The first kappa shape index (κ1) is 16.0. The van der Waals surface area contributed by atoms with Crippen LogP contribution in [0.25, 0.3) is 0 Å². The van der Waals surface area contributed by atoms with Crippen molar-refractivity contribution in [1.82, 2.24) is 4.90 Å². The van der Waals surface area contributed by atoms with Gasteiger partial charge in [0.05, 0.1) is 0 Å². The molecule has 1 aliphatic rings. The molecule has 1 aliphatic heterocycles. The zero-order valence-electron chi connectivity index (χ0n) is 13.6. The molecular weight excluding hydrogens is 282 g/mol. The standard InChI is InChI=1S/C21H25NO/c1-2-15-22-16-13-20(14-17-22)21(23,18-9-5-3-6-10-18)19-11-7-4-8-12-19/h2-12,20,23H,1,13-17H2. The first-order valence-corrected chi connectivity index (χ1v) is 8.42. The molecule has 0 amide bonds. The Bertz CT molecular complexity index is 575. The van der Waals surface area contributed by atoms with E-state index in [9.17, 15) is 5.11 Å². The summed E-state index contributed by atoms with van der Waals surface area (Å²) >= 11 is 0. The third-order valence-corrected chi connectivity index (χ3v) is 4.99. The summed E-state index contributed by atoms with van der Waals surface area (Å²) in [6.07, 6.45) is 3.95. The van der Waals surface area contributed by atoms with E-state index in [0.29, 0.717) is 0 Å². The summed E-state index contributed by atoms with van der Waals surface area (Å²) in [4.78, 5) is 2.40. The lowest BCUT2D eigenvalue weighted by molar-refractivity contribution is -0.0127. The molecule has 0 radical (unpaired) electrons.